The van der Waals surface area contributed by atoms with Crippen LogP contribution in [0.2, 0.25) is 0 Å². The third-order valence-corrected chi connectivity index (χ3v) is 5.96. The molecule has 3 aromatic heterocycles. The van der Waals surface area contributed by atoms with Gasteiger partial charge in [-0.25, -0.2) is 4.98 Å². The van der Waals surface area contributed by atoms with Crippen LogP contribution in [0, 0.1) is 6.92 Å². The lowest BCUT2D eigenvalue weighted by Crippen LogP contribution is -2.18. The minimum absolute atomic E-state index is 0.761. The van der Waals surface area contributed by atoms with Gasteiger partial charge in [0.15, 0.2) is 5.82 Å². The zero-order valence-electron chi connectivity index (χ0n) is 17.3. The minimum atomic E-state index is 0.761. The molecule has 0 unspecified atom stereocenters. The second-order valence-corrected chi connectivity index (χ2v) is 7.88. The smallest absolute Gasteiger partial charge is 0.159 e. The maximum atomic E-state index is 4.73. The van der Waals surface area contributed by atoms with E-state index in [1.807, 2.05) is 42.9 Å². The molecule has 152 valence electrons. The molecule has 6 rings (SSSR count). The summed E-state index contributed by atoms with van der Waals surface area (Å²) in [6.07, 6.45) is 5.92. The highest BCUT2D eigenvalue weighted by Gasteiger charge is 2.18. The number of pyridine rings is 1. The molecule has 5 aromatic rings. The molecule has 0 atom stereocenters. The molecule has 7 nitrogen and oxygen atoms in total. The number of H-pyrrole nitrogens is 2. The Labute approximate surface area is 178 Å². The van der Waals surface area contributed by atoms with Crippen molar-refractivity contribution >= 4 is 27.6 Å². The molecule has 0 radical (unpaired) electrons. The molecule has 7 heteroatoms. The van der Waals surface area contributed by atoms with Crippen molar-refractivity contribution in [2.45, 2.75) is 6.92 Å². The number of aromatic amines is 2. The summed E-state index contributed by atoms with van der Waals surface area (Å²) in [6.45, 7) is 2.96. The van der Waals surface area contributed by atoms with Crippen LogP contribution >= 0.6 is 0 Å². The molecule has 0 saturated carbocycles. The second-order valence-electron chi connectivity index (χ2n) is 7.88. The molecule has 0 spiro atoms. The van der Waals surface area contributed by atoms with E-state index in [9.17, 15) is 0 Å². The van der Waals surface area contributed by atoms with Gasteiger partial charge in [-0.15, -0.1) is 0 Å². The van der Waals surface area contributed by atoms with E-state index in [4.69, 9.17) is 4.98 Å². The SMILES string of the molecule is Cc1c(C2=CNCN2C)cncc1-c1ccc2[nH]nc(-c3nc4ccccc4[nH]3)c2c1. The Balaban J connectivity index is 1.49. The number of hydrogen-bond acceptors (Lipinski definition) is 5. The number of imidazole rings is 1. The maximum Gasteiger partial charge on any atom is 0.159 e. The average Bonchev–Trinajstić information content (AvgIpc) is 3.50. The van der Waals surface area contributed by atoms with Crippen molar-refractivity contribution in [1.82, 2.24) is 35.4 Å². The molecule has 31 heavy (non-hydrogen) atoms. The van der Waals surface area contributed by atoms with Gasteiger partial charge in [0.1, 0.15) is 5.69 Å². The summed E-state index contributed by atoms with van der Waals surface area (Å²) in [5, 5.41) is 12.0. The topological polar surface area (TPSA) is 85.5 Å². The van der Waals surface area contributed by atoms with E-state index >= 15 is 0 Å². The van der Waals surface area contributed by atoms with E-state index < -0.39 is 0 Å². The number of para-hydroxylation sites is 2. The van der Waals surface area contributed by atoms with Gasteiger partial charge in [-0.3, -0.25) is 10.1 Å². The molecular weight excluding hydrogens is 386 g/mol. The summed E-state index contributed by atoms with van der Waals surface area (Å²) in [7, 11) is 2.08. The monoisotopic (exact) mass is 407 g/mol. The van der Waals surface area contributed by atoms with Crippen molar-refractivity contribution < 1.29 is 0 Å². The van der Waals surface area contributed by atoms with Gasteiger partial charge in [0.2, 0.25) is 0 Å². The zero-order chi connectivity index (χ0) is 20.9. The van der Waals surface area contributed by atoms with E-state index in [0.29, 0.717) is 0 Å². The number of benzene rings is 2. The number of nitrogens with zero attached hydrogens (tertiary/aromatic N) is 4. The van der Waals surface area contributed by atoms with E-state index in [0.717, 1.165) is 62.5 Å². The summed E-state index contributed by atoms with van der Waals surface area (Å²) in [6, 6.07) is 14.4. The van der Waals surface area contributed by atoms with Gasteiger partial charge in [0.25, 0.3) is 0 Å². The number of hydrogen-bond donors (Lipinski definition) is 3. The maximum absolute atomic E-state index is 4.73. The molecule has 1 aliphatic heterocycles. The third-order valence-electron chi connectivity index (χ3n) is 5.96. The van der Waals surface area contributed by atoms with Crippen LogP contribution in [-0.4, -0.2) is 43.8 Å². The Hall–Kier alpha value is -4.13. The number of aromatic nitrogens is 5. The molecule has 0 aliphatic carbocycles. The first-order valence-electron chi connectivity index (χ1n) is 10.2. The number of fused-ring (bicyclic) bond motifs is 2. The molecule has 0 amide bonds. The first kappa shape index (κ1) is 17.7. The first-order chi connectivity index (χ1) is 15.2. The van der Waals surface area contributed by atoms with Crippen LogP contribution < -0.4 is 5.32 Å². The Kier molecular flexibility index (Phi) is 3.83. The van der Waals surface area contributed by atoms with Crippen LogP contribution in [0.25, 0.3) is 50.3 Å². The predicted molar refractivity (Wildman–Crippen MR) is 123 cm³/mol. The van der Waals surface area contributed by atoms with Gasteiger partial charge < -0.3 is 15.2 Å². The fourth-order valence-corrected chi connectivity index (χ4v) is 4.26. The molecule has 4 heterocycles. The van der Waals surface area contributed by atoms with Gasteiger partial charge in [-0.05, 0) is 42.3 Å². The Morgan fingerprint density at radius 3 is 2.71 bits per heavy atom. The average molecular weight is 407 g/mol. The van der Waals surface area contributed by atoms with Crippen molar-refractivity contribution in [1.29, 1.82) is 0 Å². The van der Waals surface area contributed by atoms with Crippen LogP contribution in [0.15, 0.2) is 61.1 Å². The van der Waals surface area contributed by atoms with Crippen LogP contribution in [0.1, 0.15) is 11.1 Å². The standard InChI is InChI=1S/C24H21N7/c1-14-17(10-25-11-18(14)22-12-26-13-31(22)2)15-7-8-19-16(9-15)23(30-29-19)24-27-20-5-3-4-6-21(20)28-24/h3-12,26H,13H2,1-2H3,(H,27,28)(H,29,30). The summed E-state index contributed by atoms with van der Waals surface area (Å²) in [5.41, 5.74) is 9.42. The Bertz CT molecular complexity index is 1440. The van der Waals surface area contributed by atoms with E-state index in [2.05, 4.69) is 62.6 Å². The largest absolute Gasteiger partial charge is 0.372 e. The van der Waals surface area contributed by atoms with Gasteiger partial charge in [-0.2, -0.15) is 5.10 Å². The number of nitrogens with one attached hydrogen (secondary N) is 3. The zero-order valence-corrected chi connectivity index (χ0v) is 17.3. The quantitative estimate of drug-likeness (QED) is 0.416. The van der Waals surface area contributed by atoms with E-state index in [1.54, 1.807) is 0 Å². The van der Waals surface area contributed by atoms with Crippen molar-refractivity contribution in [2.75, 3.05) is 13.7 Å². The molecule has 0 bridgehead atoms. The molecule has 0 fully saturated rings. The van der Waals surface area contributed by atoms with Crippen molar-refractivity contribution in [3.8, 4) is 22.6 Å². The van der Waals surface area contributed by atoms with Crippen LogP contribution in [0.5, 0.6) is 0 Å². The highest BCUT2D eigenvalue weighted by Crippen LogP contribution is 2.34. The van der Waals surface area contributed by atoms with Crippen LogP contribution in [0.4, 0.5) is 0 Å². The first-order valence-corrected chi connectivity index (χ1v) is 10.2. The molecular formula is C24H21N7. The summed E-state index contributed by atoms with van der Waals surface area (Å²) in [5.74, 6) is 0.761. The van der Waals surface area contributed by atoms with Gasteiger partial charge >= 0.3 is 0 Å². The third kappa shape index (κ3) is 2.78. The van der Waals surface area contributed by atoms with Crippen molar-refractivity contribution in [2.24, 2.45) is 0 Å². The van der Waals surface area contributed by atoms with Crippen LogP contribution in [-0.2, 0) is 0 Å². The highest BCUT2D eigenvalue weighted by atomic mass is 15.2. The van der Waals surface area contributed by atoms with Crippen LogP contribution in [0.3, 0.4) is 0 Å². The lowest BCUT2D eigenvalue weighted by atomic mass is 9.96. The molecule has 2 aromatic carbocycles. The molecule has 3 N–H and O–H groups in total. The van der Waals surface area contributed by atoms with E-state index in [-0.39, 0.29) is 0 Å². The van der Waals surface area contributed by atoms with Crippen molar-refractivity contribution in [3.63, 3.8) is 0 Å². The summed E-state index contributed by atoms with van der Waals surface area (Å²) >= 11 is 0. The second kappa shape index (κ2) is 6.70. The fourth-order valence-electron chi connectivity index (χ4n) is 4.26. The van der Waals surface area contributed by atoms with E-state index in [1.165, 1.54) is 5.56 Å². The van der Waals surface area contributed by atoms with Gasteiger partial charge in [0, 0.05) is 42.2 Å². The number of rotatable bonds is 3. The minimum Gasteiger partial charge on any atom is -0.372 e. The summed E-state index contributed by atoms with van der Waals surface area (Å²) < 4.78 is 0. The predicted octanol–water partition coefficient (Wildman–Crippen LogP) is 4.27. The Morgan fingerprint density at radius 2 is 1.87 bits per heavy atom. The molecule has 1 aliphatic rings. The van der Waals surface area contributed by atoms with Gasteiger partial charge in [-0.1, -0.05) is 18.2 Å². The normalized spacial score (nSPS) is 13.7. The van der Waals surface area contributed by atoms with Gasteiger partial charge in [0.05, 0.1) is 28.9 Å². The Morgan fingerprint density at radius 1 is 1.00 bits per heavy atom. The molecule has 0 saturated heterocycles. The summed E-state index contributed by atoms with van der Waals surface area (Å²) in [4.78, 5) is 14.8. The fraction of sp³-hybridized carbons (Fsp3) is 0.125. The lowest BCUT2D eigenvalue weighted by molar-refractivity contribution is 0.493. The van der Waals surface area contributed by atoms with Crippen molar-refractivity contribution in [3.05, 3.63) is 72.2 Å². The lowest BCUT2D eigenvalue weighted by Gasteiger charge is -2.18. The highest BCUT2D eigenvalue weighted by molar-refractivity contribution is 5.96.